The fraction of sp³-hybridized carbons (Fsp3) is 0. The number of nitrogens with zero attached hydrogens (tertiary/aromatic N) is 2. The van der Waals surface area contributed by atoms with E-state index in [1.807, 2.05) is 60.7 Å². The summed E-state index contributed by atoms with van der Waals surface area (Å²) >= 11 is 0. The summed E-state index contributed by atoms with van der Waals surface area (Å²) in [6.45, 7) is 0. The highest BCUT2D eigenvalue weighted by Crippen LogP contribution is 2.28. The van der Waals surface area contributed by atoms with Crippen LogP contribution in [0.3, 0.4) is 0 Å². The van der Waals surface area contributed by atoms with Crippen molar-refractivity contribution in [2.45, 2.75) is 0 Å². The molecule has 2 heterocycles. The number of hydrogen-bond donors (Lipinski definition) is 1. The Morgan fingerprint density at radius 2 is 1.52 bits per heavy atom. The molecule has 0 saturated carbocycles. The van der Waals surface area contributed by atoms with Gasteiger partial charge in [-0.3, -0.25) is 4.98 Å². The highest BCUT2D eigenvalue weighted by molar-refractivity contribution is 6.03. The maximum Gasteiger partial charge on any atom is 0.336 e. The van der Waals surface area contributed by atoms with E-state index in [1.165, 1.54) is 24.3 Å². The Kier molecular flexibility index (Phi) is 5.24. The highest BCUT2D eigenvalue weighted by Gasteiger charge is 2.14. The molecule has 160 valence electrons. The summed E-state index contributed by atoms with van der Waals surface area (Å²) in [7, 11) is 0. The fourth-order valence-electron chi connectivity index (χ4n) is 3.56. The van der Waals surface area contributed by atoms with E-state index in [1.54, 1.807) is 12.3 Å². The summed E-state index contributed by atoms with van der Waals surface area (Å²) in [6.07, 6.45) is 1.71. The summed E-state index contributed by atoms with van der Waals surface area (Å²) in [5.74, 6) is -0.166. The van der Waals surface area contributed by atoms with Gasteiger partial charge >= 0.3 is 5.97 Å². The molecule has 0 aliphatic heterocycles. The topological polar surface area (TPSA) is 72.3 Å². The number of carboxylic acid groups (broad SMARTS) is 1. The van der Waals surface area contributed by atoms with Gasteiger partial charge in [-0.1, -0.05) is 36.4 Å². The van der Waals surface area contributed by atoms with Crippen LogP contribution in [0.4, 0.5) is 4.39 Å². The Balaban J connectivity index is 1.42. The molecule has 0 spiro atoms. The lowest BCUT2D eigenvalue weighted by Crippen LogP contribution is -2.01. The zero-order chi connectivity index (χ0) is 22.8. The van der Waals surface area contributed by atoms with Gasteiger partial charge in [-0.25, -0.2) is 14.2 Å². The van der Waals surface area contributed by atoms with E-state index in [9.17, 15) is 14.3 Å². The zero-order valence-electron chi connectivity index (χ0n) is 17.3. The predicted octanol–water partition coefficient (Wildman–Crippen LogP) is 6.59. The minimum Gasteiger partial charge on any atom is -0.478 e. The number of pyridine rings is 2. The van der Waals surface area contributed by atoms with E-state index in [2.05, 4.69) is 9.97 Å². The minimum absolute atomic E-state index is 0.0191. The van der Waals surface area contributed by atoms with Crippen molar-refractivity contribution in [1.82, 2.24) is 9.97 Å². The largest absolute Gasteiger partial charge is 0.478 e. The van der Waals surface area contributed by atoms with Gasteiger partial charge < -0.3 is 9.84 Å². The first kappa shape index (κ1) is 20.3. The molecule has 5 nitrogen and oxygen atoms in total. The SMILES string of the molecule is O=C(O)c1cc(-c2ccc(-c3ccc(Oc4ccccc4)cc3)cn2)nc2ccc(F)cc12. The van der Waals surface area contributed by atoms with Crippen molar-refractivity contribution in [3.05, 3.63) is 109 Å². The molecule has 0 unspecified atom stereocenters. The molecule has 3 aromatic carbocycles. The van der Waals surface area contributed by atoms with Crippen LogP contribution in [-0.4, -0.2) is 21.0 Å². The zero-order valence-corrected chi connectivity index (χ0v) is 17.3. The van der Waals surface area contributed by atoms with Gasteiger partial charge in [-0.05, 0) is 60.2 Å². The van der Waals surface area contributed by atoms with Crippen LogP contribution in [0, 0.1) is 5.82 Å². The van der Waals surface area contributed by atoms with Crippen LogP contribution in [-0.2, 0) is 0 Å². The van der Waals surface area contributed by atoms with Crippen molar-refractivity contribution < 1.29 is 19.0 Å². The Hall–Kier alpha value is -4.58. The summed E-state index contributed by atoms with van der Waals surface area (Å²) < 4.78 is 19.4. The van der Waals surface area contributed by atoms with Crippen LogP contribution < -0.4 is 4.74 Å². The molecule has 0 aliphatic rings. The van der Waals surface area contributed by atoms with Gasteiger partial charge in [0.25, 0.3) is 0 Å². The second-order valence-corrected chi connectivity index (χ2v) is 7.39. The quantitative estimate of drug-likeness (QED) is 0.336. The Bertz CT molecular complexity index is 1450. The maximum atomic E-state index is 13.6. The monoisotopic (exact) mass is 436 g/mol. The molecule has 0 fully saturated rings. The van der Waals surface area contributed by atoms with Gasteiger partial charge in [-0.15, -0.1) is 0 Å². The number of carboxylic acids is 1. The van der Waals surface area contributed by atoms with Gasteiger partial charge in [0.05, 0.1) is 22.5 Å². The number of carbonyl (C=O) groups is 1. The number of fused-ring (bicyclic) bond motifs is 1. The number of aromatic nitrogens is 2. The standard InChI is InChI=1S/C27H17FN2O3/c28-19-9-13-24-22(14-19)23(27(31)32)15-26(30-24)25-12-8-18(16-29-25)17-6-10-21(11-7-17)33-20-4-2-1-3-5-20/h1-16H,(H,31,32). The lowest BCUT2D eigenvalue weighted by atomic mass is 10.0. The number of ether oxygens (including phenoxy) is 1. The lowest BCUT2D eigenvalue weighted by molar-refractivity contribution is 0.0699. The molecule has 0 amide bonds. The number of benzene rings is 3. The number of aromatic carboxylic acids is 1. The van der Waals surface area contributed by atoms with Crippen molar-refractivity contribution in [1.29, 1.82) is 0 Å². The first-order chi connectivity index (χ1) is 16.1. The van der Waals surface area contributed by atoms with E-state index in [0.29, 0.717) is 16.9 Å². The molecule has 33 heavy (non-hydrogen) atoms. The molecular weight excluding hydrogens is 419 g/mol. The first-order valence-electron chi connectivity index (χ1n) is 10.2. The Morgan fingerprint density at radius 1 is 0.788 bits per heavy atom. The molecular formula is C27H17FN2O3. The third kappa shape index (κ3) is 4.27. The summed E-state index contributed by atoms with van der Waals surface area (Å²) in [5, 5.41) is 9.82. The average molecular weight is 436 g/mol. The number of hydrogen-bond acceptors (Lipinski definition) is 4. The van der Waals surface area contributed by atoms with Crippen LogP contribution in [0.25, 0.3) is 33.4 Å². The van der Waals surface area contributed by atoms with Crippen LogP contribution in [0.1, 0.15) is 10.4 Å². The molecule has 0 radical (unpaired) electrons. The van der Waals surface area contributed by atoms with Gasteiger partial charge in [0.1, 0.15) is 17.3 Å². The van der Waals surface area contributed by atoms with E-state index in [0.717, 1.165) is 22.6 Å². The average Bonchev–Trinajstić information content (AvgIpc) is 2.84. The smallest absolute Gasteiger partial charge is 0.336 e. The normalized spacial score (nSPS) is 10.8. The van der Waals surface area contributed by atoms with Crippen molar-refractivity contribution in [2.75, 3.05) is 0 Å². The molecule has 0 aliphatic carbocycles. The summed E-state index contributed by atoms with van der Waals surface area (Å²) in [4.78, 5) is 20.7. The van der Waals surface area contributed by atoms with Crippen LogP contribution in [0.15, 0.2) is 97.2 Å². The van der Waals surface area contributed by atoms with Gasteiger partial charge in [-0.2, -0.15) is 0 Å². The Morgan fingerprint density at radius 3 is 2.21 bits per heavy atom. The van der Waals surface area contributed by atoms with Crippen molar-refractivity contribution in [2.24, 2.45) is 0 Å². The van der Waals surface area contributed by atoms with Crippen molar-refractivity contribution >= 4 is 16.9 Å². The van der Waals surface area contributed by atoms with E-state index in [-0.39, 0.29) is 10.9 Å². The summed E-state index contributed by atoms with van der Waals surface area (Å²) in [5.41, 5.74) is 3.16. The van der Waals surface area contributed by atoms with E-state index in [4.69, 9.17) is 4.74 Å². The van der Waals surface area contributed by atoms with Crippen LogP contribution >= 0.6 is 0 Å². The van der Waals surface area contributed by atoms with Crippen molar-refractivity contribution in [3.63, 3.8) is 0 Å². The minimum atomic E-state index is -1.15. The molecule has 0 saturated heterocycles. The fourth-order valence-corrected chi connectivity index (χ4v) is 3.56. The maximum absolute atomic E-state index is 13.6. The summed E-state index contributed by atoms with van der Waals surface area (Å²) in [6, 6.07) is 26.2. The number of halogens is 1. The van der Waals surface area contributed by atoms with Gasteiger partial charge in [0, 0.05) is 17.1 Å². The molecule has 6 heteroatoms. The van der Waals surface area contributed by atoms with Crippen LogP contribution in [0.5, 0.6) is 11.5 Å². The molecule has 1 N–H and O–H groups in total. The predicted molar refractivity (Wildman–Crippen MR) is 124 cm³/mol. The second-order valence-electron chi connectivity index (χ2n) is 7.39. The second kappa shape index (κ2) is 8.51. The molecule has 0 bridgehead atoms. The van der Waals surface area contributed by atoms with Crippen molar-refractivity contribution in [3.8, 4) is 34.0 Å². The van der Waals surface area contributed by atoms with Crippen LogP contribution in [0.2, 0.25) is 0 Å². The van der Waals surface area contributed by atoms with E-state index < -0.39 is 11.8 Å². The molecule has 5 rings (SSSR count). The van der Waals surface area contributed by atoms with Gasteiger partial charge in [0.15, 0.2) is 0 Å². The lowest BCUT2D eigenvalue weighted by Gasteiger charge is -2.09. The number of para-hydroxylation sites is 1. The Labute approximate surface area is 188 Å². The van der Waals surface area contributed by atoms with E-state index >= 15 is 0 Å². The molecule has 5 aromatic rings. The molecule has 2 aromatic heterocycles. The van der Waals surface area contributed by atoms with Gasteiger partial charge in [0.2, 0.25) is 0 Å². The third-order valence-electron chi connectivity index (χ3n) is 5.19. The first-order valence-corrected chi connectivity index (χ1v) is 10.2. The highest BCUT2D eigenvalue weighted by atomic mass is 19.1. The number of rotatable bonds is 5. The molecule has 0 atom stereocenters. The third-order valence-corrected chi connectivity index (χ3v) is 5.19.